The van der Waals surface area contributed by atoms with Gasteiger partial charge < -0.3 is 0 Å². The summed E-state index contributed by atoms with van der Waals surface area (Å²) in [6.07, 6.45) is 0. The molecule has 104 valence electrons. The molecule has 1 saturated heterocycles. The van der Waals surface area contributed by atoms with E-state index >= 15 is 0 Å². The maximum absolute atomic E-state index is 8.70. The van der Waals surface area contributed by atoms with Crippen molar-refractivity contribution >= 4 is 15.9 Å². The molecule has 2 heterocycles. The van der Waals surface area contributed by atoms with Gasteiger partial charge in [-0.05, 0) is 29.8 Å². The van der Waals surface area contributed by atoms with E-state index in [4.69, 9.17) is 5.26 Å². The van der Waals surface area contributed by atoms with Crippen molar-refractivity contribution in [1.29, 1.82) is 5.26 Å². The standard InChI is InChI=1S/C13H20BrN5/c1-3-19-12(13(14)11(2)16-19)10-18-8-6-17(5-4-15)7-9-18/h3,5-10H2,1-2H3. The van der Waals surface area contributed by atoms with Gasteiger partial charge in [-0.2, -0.15) is 10.4 Å². The third-order valence-corrected chi connectivity index (χ3v) is 4.62. The molecule has 1 aromatic rings. The molecule has 2 rings (SSSR count). The van der Waals surface area contributed by atoms with Crippen LogP contribution in [0.5, 0.6) is 0 Å². The van der Waals surface area contributed by atoms with Crippen molar-refractivity contribution in [3.63, 3.8) is 0 Å². The Hall–Kier alpha value is -0.900. The van der Waals surface area contributed by atoms with Gasteiger partial charge in [0.15, 0.2) is 0 Å². The van der Waals surface area contributed by atoms with E-state index in [1.165, 1.54) is 5.69 Å². The van der Waals surface area contributed by atoms with Crippen LogP contribution in [0.2, 0.25) is 0 Å². The fourth-order valence-corrected chi connectivity index (χ4v) is 2.85. The predicted molar refractivity (Wildman–Crippen MR) is 77.7 cm³/mol. The molecule has 0 radical (unpaired) electrons. The Kier molecular flexibility index (Phi) is 4.97. The van der Waals surface area contributed by atoms with Gasteiger partial charge in [0.05, 0.1) is 28.5 Å². The van der Waals surface area contributed by atoms with Gasteiger partial charge in [0.25, 0.3) is 0 Å². The Morgan fingerprint density at radius 1 is 1.26 bits per heavy atom. The van der Waals surface area contributed by atoms with Crippen molar-refractivity contribution < 1.29 is 0 Å². The molecule has 0 amide bonds. The van der Waals surface area contributed by atoms with Crippen molar-refractivity contribution in [1.82, 2.24) is 19.6 Å². The number of aryl methyl sites for hydroxylation is 2. The molecule has 0 aromatic carbocycles. The van der Waals surface area contributed by atoms with Crippen LogP contribution in [-0.2, 0) is 13.1 Å². The minimum Gasteiger partial charge on any atom is -0.295 e. The van der Waals surface area contributed by atoms with E-state index in [0.29, 0.717) is 6.54 Å². The van der Waals surface area contributed by atoms with E-state index in [2.05, 4.69) is 48.5 Å². The van der Waals surface area contributed by atoms with Crippen LogP contribution in [-0.4, -0.2) is 52.3 Å². The molecule has 0 saturated carbocycles. The van der Waals surface area contributed by atoms with Crippen LogP contribution < -0.4 is 0 Å². The molecular formula is C13H20BrN5. The SMILES string of the molecule is CCn1nc(C)c(Br)c1CN1CCN(CC#N)CC1. The molecule has 0 N–H and O–H groups in total. The summed E-state index contributed by atoms with van der Waals surface area (Å²) < 4.78 is 3.20. The van der Waals surface area contributed by atoms with Gasteiger partial charge in [0.2, 0.25) is 0 Å². The lowest BCUT2D eigenvalue weighted by Crippen LogP contribution is -2.46. The normalized spacial score (nSPS) is 17.6. The van der Waals surface area contributed by atoms with Crippen molar-refractivity contribution in [3.05, 3.63) is 15.9 Å². The second kappa shape index (κ2) is 6.51. The number of rotatable bonds is 4. The van der Waals surface area contributed by atoms with Crippen molar-refractivity contribution in [2.75, 3.05) is 32.7 Å². The number of nitriles is 1. The number of hydrogen-bond acceptors (Lipinski definition) is 4. The summed E-state index contributed by atoms with van der Waals surface area (Å²) in [5.41, 5.74) is 2.31. The predicted octanol–water partition coefficient (Wildman–Crippen LogP) is 1.62. The largest absolute Gasteiger partial charge is 0.295 e. The van der Waals surface area contributed by atoms with Crippen molar-refractivity contribution in [3.8, 4) is 6.07 Å². The maximum Gasteiger partial charge on any atom is 0.0866 e. The molecule has 1 fully saturated rings. The number of nitrogens with zero attached hydrogens (tertiary/aromatic N) is 5. The van der Waals surface area contributed by atoms with Crippen LogP contribution in [0.1, 0.15) is 18.3 Å². The van der Waals surface area contributed by atoms with Gasteiger partial charge in [0, 0.05) is 39.3 Å². The average molecular weight is 326 g/mol. The summed E-state index contributed by atoms with van der Waals surface area (Å²) in [6.45, 7) is 10.5. The highest BCUT2D eigenvalue weighted by atomic mass is 79.9. The van der Waals surface area contributed by atoms with Gasteiger partial charge in [-0.3, -0.25) is 14.5 Å². The van der Waals surface area contributed by atoms with Crippen LogP contribution in [0.25, 0.3) is 0 Å². The zero-order chi connectivity index (χ0) is 13.8. The van der Waals surface area contributed by atoms with E-state index in [9.17, 15) is 0 Å². The number of aromatic nitrogens is 2. The highest BCUT2D eigenvalue weighted by Crippen LogP contribution is 2.22. The van der Waals surface area contributed by atoms with E-state index in [1.807, 2.05) is 6.92 Å². The molecule has 0 spiro atoms. The molecule has 1 aliphatic rings. The fraction of sp³-hybridized carbons (Fsp3) is 0.692. The van der Waals surface area contributed by atoms with Gasteiger partial charge >= 0.3 is 0 Å². The average Bonchev–Trinajstić information content (AvgIpc) is 2.69. The summed E-state index contributed by atoms with van der Waals surface area (Å²) in [5, 5.41) is 13.2. The van der Waals surface area contributed by atoms with E-state index in [-0.39, 0.29) is 0 Å². The molecule has 1 aromatic heterocycles. The Bertz CT molecular complexity index is 468. The van der Waals surface area contributed by atoms with Crippen LogP contribution in [0.15, 0.2) is 4.47 Å². The third kappa shape index (κ3) is 3.35. The minimum atomic E-state index is 0.545. The Morgan fingerprint density at radius 2 is 1.89 bits per heavy atom. The molecule has 6 heteroatoms. The van der Waals surface area contributed by atoms with Gasteiger partial charge in [-0.15, -0.1) is 0 Å². The molecule has 1 aliphatic heterocycles. The van der Waals surface area contributed by atoms with Gasteiger partial charge in [-0.25, -0.2) is 0 Å². The second-order valence-corrected chi connectivity index (χ2v) is 5.67. The third-order valence-electron chi connectivity index (χ3n) is 3.59. The number of halogens is 1. The number of hydrogen-bond donors (Lipinski definition) is 0. The quantitative estimate of drug-likeness (QED) is 0.789. The Morgan fingerprint density at radius 3 is 2.47 bits per heavy atom. The summed E-state index contributed by atoms with van der Waals surface area (Å²) in [7, 11) is 0. The fourth-order valence-electron chi connectivity index (χ4n) is 2.44. The molecule has 5 nitrogen and oxygen atoms in total. The summed E-state index contributed by atoms with van der Waals surface area (Å²) in [4.78, 5) is 4.63. The van der Waals surface area contributed by atoms with Gasteiger partial charge in [0.1, 0.15) is 0 Å². The molecule has 0 bridgehead atoms. The highest BCUT2D eigenvalue weighted by molar-refractivity contribution is 9.10. The topological polar surface area (TPSA) is 48.1 Å². The van der Waals surface area contributed by atoms with Crippen LogP contribution in [0, 0.1) is 18.3 Å². The Balaban J connectivity index is 1.98. The molecule has 0 aliphatic carbocycles. The maximum atomic E-state index is 8.70. The minimum absolute atomic E-state index is 0.545. The molecule has 19 heavy (non-hydrogen) atoms. The molecular weight excluding hydrogens is 306 g/mol. The van der Waals surface area contributed by atoms with Gasteiger partial charge in [-0.1, -0.05) is 0 Å². The lowest BCUT2D eigenvalue weighted by Gasteiger charge is -2.33. The summed E-state index contributed by atoms with van der Waals surface area (Å²) in [6, 6.07) is 2.22. The lowest BCUT2D eigenvalue weighted by atomic mass is 10.2. The smallest absolute Gasteiger partial charge is 0.0866 e. The zero-order valence-electron chi connectivity index (χ0n) is 11.6. The van der Waals surface area contributed by atoms with E-state index < -0.39 is 0 Å². The first-order chi connectivity index (χ1) is 9.15. The van der Waals surface area contributed by atoms with Crippen molar-refractivity contribution in [2.24, 2.45) is 0 Å². The summed E-state index contributed by atoms with van der Waals surface area (Å²) >= 11 is 3.64. The van der Waals surface area contributed by atoms with E-state index in [0.717, 1.165) is 49.4 Å². The second-order valence-electron chi connectivity index (χ2n) is 4.87. The van der Waals surface area contributed by atoms with Crippen molar-refractivity contribution in [2.45, 2.75) is 26.9 Å². The monoisotopic (exact) mass is 325 g/mol. The first-order valence-electron chi connectivity index (χ1n) is 6.69. The van der Waals surface area contributed by atoms with Crippen LogP contribution in [0.3, 0.4) is 0 Å². The Labute approximate surface area is 122 Å². The van der Waals surface area contributed by atoms with Crippen LogP contribution in [0.4, 0.5) is 0 Å². The van der Waals surface area contributed by atoms with Crippen LogP contribution >= 0.6 is 15.9 Å². The lowest BCUT2D eigenvalue weighted by molar-refractivity contribution is 0.135. The zero-order valence-corrected chi connectivity index (χ0v) is 13.1. The number of piperazine rings is 1. The highest BCUT2D eigenvalue weighted by Gasteiger charge is 2.20. The molecule has 0 atom stereocenters. The van der Waals surface area contributed by atoms with E-state index in [1.54, 1.807) is 0 Å². The first kappa shape index (κ1) is 14.5. The first-order valence-corrected chi connectivity index (χ1v) is 7.48. The molecule has 0 unspecified atom stereocenters. The summed E-state index contributed by atoms with van der Waals surface area (Å²) in [5.74, 6) is 0.